The molecular formula is C18H37N3. The lowest BCUT2D eigenvalue weighted by Gasteiger charge is -2.54. The van der Waals surface area contributed by atoms with Crippen molar-refractivity contribution in [1.29, 1.82) is 0 Å². The van der Waals surface area contributed by atoms with E-state index < -0.39 is 0 Å². The summed E-state index contributed by atoms with van der Waals surface area (Å²) in [4.78, 5) is 5.31. The van der Waals surface area contributed by atoms with Gasteiger partial charge in [-0.05, 0) is 58.7 Å². The molecule has 0 spiro atoms. The molecule has 3 nitrogen and oxygen atoms in total. The van der Waals surface area contributed by atoms with Crippen molar-refractivity contribution in [3.63, 3.8) is 0 Å². The first-order valence-electron chi connectivity index (χ1n) is 9.18. The second-order valence-electron chi connectivity index (χ2n) is 7.88. The topological polar surface area (TPSA) is 18.5 Å². The van der Waals surface area contributed by atoms with Gasteiger partial charge in [0.1, 0.15) is 0 Å². The van der Waals surface area contributed by atoms with Crippen LogP contribution in [0.5, 0.6) is 0 Å². The Morgan fingerprint density at radius 1 is 1.14 bits per heavy atom. The van der Waals surface area contributed by atoms with Gasteiger partial charge in [0.05, 0.1) is 0 Å². The summed E-state index contributed by atoms with van der Waals surface area (Å²) in [5.41, 5.74) is 0. The predicted octanol–water partition coefficient (Wildman–Crippen LogP) is 2.96. The minimum atomic E-state index is 0.724. The molecule has 2 rings (SSSR count). The van der Waals surface area contributed by atoms with Gasteiger partial charge < -0.3 is 10.2 Å². The van der Waals surface area contributed by atoms with Crippen LogP contribution in [0.15, 0.2) is 0 Å². The third-order valence-corrected chi connectivity index (χ3v) is 5.42. The van der Waals surface area contributed by atoms with Gasteiger partial charge in [-0.1, -0.05) is 27.2 Å². The van der Waals surface area contributed by atoms with Crippen molar-refractivity contribution in [2.45, 2.75) is 83.5 Å². The van der Waals surface area contributed by atoms with Gasteiger partial charge in [-0.3, -0.25) is 4.90 Å². The van der Waals surface area contributed by atoms with Crippen LogP contribution < -0.4 is 5.32 Å². The first-order valence-corrected chi connectivity index (χ1v) is 9.18. The van der Waals surface area contributed by atoms with Crippen LogP contribution in [0, 0.1) is 5.92 Å². The SMILES string of the molecule is CCCNC1CC2CCCC(C1)N2C(CN(C)C)C(C)C. The molecule has 0 aliphatic carbocycles. The number of nitrogens with zero attached hydrogens (tertiary/aromatic N) is 2. The van der Waals surface area contributed by atoms with E-state index in [4.69, 9.17) is 0 Å². The maximum absolute atomic E-state index is 3.79. The highest BCUT2D eigenvalue weighted by molar-refractivity contribution is 4.98. The molecule has 124 valence electrons. The summed E-state index contributed by atoms with van der Waals surface area (Å²) in [7, 11) is 4.45. The van der Waals surface area contributed by atoms with Crippen molar-refractivity contribution in [3.8, 4) is 0 Å². The van der Waals surface area contributed by atoms with E-state index in [0.717, 1.165) is 30.1 Å². The van der Waals surface area contributed by atoms with Crippen LogP contribution in [0.25, 0.3) is 0 Å². The average molecular weight is 296 g/mol. The molecule has 3 unspecified atom stereocenters. The number of likely N-dealkylation sites (N-methyl/N-ethyl adjacent to an activating group) is 1. The van der Waals surface area contributed by atoms with Gasteiger partial charge in [-0.15, -0.1) is 0 Å². The molecule has 2 aliphatic heterocycles. The molecule has 21 heavy (non-hydrogen) atoms. The Hall–Kier alpha value is -0.120. The summed E-state index contributed by atoms with van der Waals surface area (Å²) < 4.78 is 0. The van der Waals surface area contributed by atoms with Crippen molar-refractivity contribution >= 4 is 0 Å². The Labute approximate surface area is 132 Å². The van der Waals surface area contributed by atoms with Crippen LogP contribution in [0.1, 0.15) is 59.3 Å². The number of piperidine rings is 2. The summed E-state index contributed by atoms with van der Waals surface area (Å²) in [6.45, 7) is 9.48. The normalized spacial score (nSPS) is 31.9. The highest BCUT2D eigenvalue weighted by Crippen LogP contribution is 2.37. The number of rotatable bonds is 7. The maximum Gasteiger partial charge on any atom is 0.0251 e. The summed E-state index contributed by atoms with van der Waals surface area (Å²) in [6.07, 6.45) is 8.26. The lowest BCUT2D eigenvalue weighted by atomic mass is 9.79. The summed E-state index contributed by atoms with van der Waals surface area (Å²) in [5, 5.41) is 3.79. The van der Waals surface area contributed by atoms with Crippen LogP contribution >= 0.6 is 0 Å². The van der Waals surface area contributed by atoms with Crippen molar-refractivity contribution < 1.29 is 0 Å². The van der Waals surface area contributed by atoms with E-state index in [1.807, 2.05) is 0 Å². The molecule has 2 bridgehead atoms. The van der Waals surface area contributed by atoms with E-state index in [9.17, 15) is 0 Å². The molecule has 0 amide bonds. The predicted molar refractivity (Wildman–Crippen MR) is 91.8 cm³/mol. The average Bonchev–Trinajstić information content (AvgIpc) is 2.41. The molecule has 3 heteroatoms. The molecule has 2 fully saturated rings. The Morgan fingerprint density at radius 3 is 2.24 bits per heavy atom. The van der Waals surface area contributed by atoms with E-state index in [1.54, 1.807) is 0 Å². The number of hydrogen-bond acceptors (Lipinski definition) is 3. The van der Waals surface area contributed by atoms with E-state index in [-0.39, 0.29) is 0 Å². The third-order valence-electron chi connectivity index (χ3n) is 5.42. The maximum atomic E-state index is 3.79. The van der Waals surface area contributed by atoms with E-state index in [2.05, 4.69) is 50.0 Å². The summed E-state index contributed by atoms with van der Waals surface area (Å²) in [6, 6.07) is 3.13. The standard InChI is InChI=1S/C18H37N3/c1-6-10-19-15-11-16-8-7-9-17(12-15)21(16)18(14(2)3)13-20(4)5/h14-19H,6-13H2,1-5H3. The zero-order chi connectivity index (χ0) is 15.4. The van der Waals surface area contributed by atoms with Gasteiger partial charge in [-0.2, -0.15) is 0 Å². The van der Waals surface area contributed by atoms with E-state index in [0.29, 0.717) is 0 Å². The molecule has 1 N–H and O–H groups in total. The lowest BCUT2D eigenvalue weighted by molar-refractivity contribution is -0.0325. The van der Waals surface area contributed by atoms with Crippen molar-refractivity contribution in [2.75, 3.05) is 27.2 Å². The third kappa shape index (κ3) is 4.43. The second kappa shape index (κ2) is 7.94. The Bertz CT molecular complexity index is 289. The number of nitrogens with one attached hydrogen (secondary N) is 1. The summed E-state index contributed by atoms with van der Waals surface area (Å²) in [5.74, 6) is 0.746. The minimum Gasteiger partial charge on any atom is -0.314 e. The second-order valence-corrected chi connectivity index (χ2v) is 7.88. The first kappa shape index (κ1) is 17.2. The van der Waals surface area contributed by atoms with Crippen molar-refractivity contribution in [2.24, 2.45) is 5.92 Å². The van der Waals surface area contributed by atoms with Gasteiger partial charge in [0, 0.05) is 30.7 Å². The largest absolute Gasteiger partial charge is 0.314 e. The number of hydrogen-bond donors (Lipinski definition) is 1. The van der Waals surface area contributed by atoms with Crippen LogP contribution in [-0.2, 0) is 0 Å². The fraction of sp³-hybridized carbons (Fsp3) is 1.00. The Morgan fingerprint density at radius 2 is 1.76 bits per heavy atom. The van der Waals surface area contributed by atoms with E-state index >= 15 is 0 Å². The van der Waals surface area contributed by atoms with Crippen LogP contribution in [0.4, 0.5) is 0 Å². The van der Waals surface area contributed by atoms with Gasteiger partial charge in [0.2, 0.25) is 0 Å². The smallest absolute Gasteiger partial charge is 0.0251 e. The lowest BCUT2D eigenvalue weighted by Crippen LogP contribution is -2.62. The quantitative estimate of drug-likeness (QED) is 0.779. The minimum absolute atomic E-state index is 0.724. The van der Waals surface area contributed by atoms with Gasteiger partial charge >= 0.3 is 0 Å². The molecule has 0 aromatic heterocycles. The first-order chi connectivity index (χ1) is 10.0. The number of fused-ring (bicyclic) bond motifs is 2. The fourth-order valence-electron chi connectivity index (χ4n) is 4.50. The Kier molecular flexibility index (Phi) is 6.51. The molecule has 0 saturated carbocycles. The van der Waals surface area contributed by atoms with Crippen LogP contribution in [0.3, 0.4) is 0 Å². The van der Waals surface area contributed by atoms with Gasteiger partial charge in [0.15, 0.2) is 0 Å². The van der Waals surface area contributed by atoms with Gasteiger partial charge in [-0.25, -0.2) is 0 Å². The Balaban J connectivity index is 2.05. The van der Waals surface area contributed by atoms with Crippen molar-refractivity contribution in [3.05, 3.63) is 0 Å². The zero-order valence-corrected chi connectivity index (χ0v) is 14.9. The molecule has 0 radical (unpaired) electrons. The van der Waals surface area contributed by atoms with E-state index in [1.165, 1.54) is 51.6 Å². The van der Waals surface area contributed by atoms with Crippen LogP contribution in [0.2, 0.25) is 0 Å². The molecule has 2 aliphatic rings. The molecule has 0 aromatic carbocycles. The molecule has 0 aromatic rings. The van der Waals surface area contributed by atoms with Crippen LogP contribution in [-0.4, -0.2) is 61.2 Å². The fourth-order valence-corrected chi connectivity index (χ4v) is 4.50. The molecule has 2 heterocycles. The summed E-state index contributed by atoms with van der Waals surface area (Å²) >= 11 is 0. The highest BCUT2D eigenvalue weighted by atomic mass is 15.3. The van der Waals surface area contributed by atoms with Crippen molar-refractivity contribution in [1.82, 2.24) is 15.1 Å². The zero-order valence-electron chi connectivity index (χ0n) is 14.9. The molecular weight excluding hydrogens is 258 g/mol. The molecule has 3 atom stereocenters. The monoisotopic (exact) mass is 295 g/mol. The molecule has 2 saturated heterocycles. The van der Waals surface area contributed by atoms with Gasteiger partial charge in [0.25, 0.3) is 0 Å². The highest BCUT2D eigenvalue weighted by Gasteiger charge is 2.42.